The minimum absolute atomic E-state index is 0.850. The van der Waals surface area contributed by atoms with Gasteiger partial charge in [0.2, 0.25) is 0 Å². The van der Waals surface area contributed by atoms with Crippen molar-refractivity contribution in [1.29, 1.82) is 0 Å². The van der Waals surface area contributed by atoms with Crippen molar-refractivity contribution in [3.63, 3.8) is 0 Å². The zero-order valence-corrected chi connectivity index (χ0v) is 12.8. The first-order valence-corrected chi connectivity index (χ1v) is 8.40. The van der Waals surface area contributed by atoms with Crippen molar-refractivity contribution < 1.29 is 0 Å². The molecule has 0 spiro atoms. The largest absolute Gasteiger partial charge is 0.314 e. The lowest BCUT2D eigenvalue weighted by atomic mass is 10.1. The third kappa shape index (κ3) is 2.95. The van der Waals surface area contributed by atoms with E-state index in [1.807, 2.05) is 11.3 Å². The Morgan fingerprint density at radius 1 is 1.28 bits per heavy atom. The highest BCUT2D eigenvalue weighted by Gasteiger charge is 2.19. The van der Waals surface area contributed by atoms with E-state index in [2.05, 4.69) is 44.8 Å². The Bertz CT molecular complexity index is 530. The summed E-state index contributed by atoms with van der Waals surface area (Å²) in [4.78, 5) is 0. The van der Waals surface area contributed by atoms with Crippen LogP contribution in [0.1, 0.15) is 31.2 Å². The van der Waals surface area contributed by atoms with Crippen molar-refractivity contribution >= 4 is 37.4 Å². The number of halogens is 1. The summed E-state index contributed by atoms with van der Waals surface area (Å²) in [5.41, 5.74) is 1.52. The molecule has 3 rings (SSSR count). The number of benzene rings is 1. The molecule has 1 aromatic heterocycles. The average molecular weight is 324 g/mol. The fraction of sp³-hybridized carbons (Fsp3) is 0.467. The predicted molar refractivity (Wildman–Crippen MR) is 83.5 cm³/mol. The minimum Gasteiger partial charge on any atom is -0.314 e. The molecule has 18 heavy (non-hydrogen) atoms. The minimum atomic E-state index is 0.850. The molecule has 2 aromatic rings. The van der Waals surface area contributed by atoms with Gasteiger partial charge in [-0.15, -0.1) is 11.3 Å². The van der Waals surface area contributed by atoms with Crippen LogP contribution in [0, 0.1) is 0 Å². The van der Waals surface area contributed by atoms with Crippen molar-refractivity contribution in [3.8, 4) is 0 Å². The Labute approximate surface area is 121 Å². The van der Waals surface area contributed by atoms with E-state index in [0.29, 0.717) is 0 Å². The van der Waals surface area contributed by atoms with E-state index in [1.165, 1.54) is 58.8 Å². The molecule has 0 aliphatic heterocycles. The Kier molecular flexibility index (Phi) is 4.02. The van der Waals surface area contributed by atoms with E-state index in [4.69, 9.17) is 0 Å². The van der Waals surface area contributed by atoms with Gasteiger partial charge in [0.05, 0.1) is 0 Å². The van der Waals surface area contributed by atoms with Crippen molar-refractivity contribution in [2.75, 3.05) is 6.54 Å². The van der Waals surface area contributed by atoms with E-state index in [9.17, 15) is 0 Å². The van der Waals surface area contributed by atoms with Gasteiger partial charge in [-0.1, -0.05) is 12.1 Å². The maximum Gasteiger partial charge on any atom is 0.0487 e. The van der Waals surface area contributed by atoms with Gasteiger partial charge >= 0.3 is 0 Å². The van der Waals surface area contributed by atoms with Gasteiger partial charge in [-0.3, -0.25) is 0 Å². The summed E-state index contributed by atoms with van der Waals surface area (Å²) in [6.45, 7) is 1.19. The Balaban J connectivity index is 1.55. The lowest BCUT2D eigenvalue weighted by Gasteiger charge is -2.02. The Hall–Kier alpha value is -0.380. The fourth-order valence-electron chi connectivity index (χ4n) is 2.30. The van der Waals surface area contributed by atoms with E-state index in [-0.39, 0.29) is 0 Å². The standard InChI is InChI=1S/C15H18BrNS/c16-14-6-3-5-13-11(10-18-15(13)14)4-1-2-9-17-12-7-8-12/h3,5-6,10,12,17H,1-2,4,7-9H2. The SMILES string of the molecule is Brc1cccc2c(CCCCNC3CC3)csc12. The molecular formula is C15H18BrNS. The highest BCUT2D eigenvalue weighted by molar-refractivity contribution is 9.10. The van der Waals surface area contributed by atoms with Crippen LogP contribution >= 0.6 is 27.3 Å². The molecule has 1 nitrogen and oxygen atoms in total. The topological polar surface area (TPSA) is 12.0 Å². The van der Waals surface area contributed by atoms with Gasteiger partial charge in [-0.2, -0.15) is 0 Å². The lowest BCUT2D eigenvalue weighted by molar-refractivity contribution is 0.621. The highest BCUT2D eigenvalue weighted by atomic mass is 79.9. The molecule has 1 heterocycles. The quantitative estimate of drug-likeness (QED) is 0.757. The van der Waals surface area contributed by atoms with Crippen molar-refractivity contribution in [2.45, 2.75) is 38.1 Å². The van der Waals surface area contributed by atoms with Crippen LogP contribution in [-0.2, 0) is 6.42 Å². The maximum atomic E-state index is 3.63. The summed E-state index contributed by atoms with van der Waals surface area (Å²) < 4.78 is 2.62. The van der Waals surface area contributed by atoms with Crippen molar-refractivity contribution in [2.24, 2.45) is 0 Å². The number of rotatable bonds is 6. The monoisotopic (exact) mass is 323 g/mol. The number of thiophene rings is 1. The van der Waals surface area contributed by atoms with E-state index in [0.717, 1.165) is 6.04 Å². The molecule has 1 saturated carbocycles. The second-order valence-electron chi connectivity index (χ2n) is 5.06. The molecule has 0 radical (unpaired) electrons. The summed E-state index contributed by atoms with van der Waals surface area (Å²) in [5, 5.41) is 7.34. The molecule has 1 aliphatic carbocycles. The number of nitrogens with one attached hydrogen (secondary N) is 1. The van der Waals surface area contributed by atoms with Crippen LogP contribution in [0.15, 0.2) is 28.1 Å². The Morgan fingerprint density at radius 3 is 3.00 bits per heavy atom. The van der Waals surface area contributed by atoms with Gasteiger partial charge in [-0.25, -0.2) is 0 Å². The molecule has 0 unspecified atom stereocenters. The molecule has 3 heteroatoms. The molecule has 1 fully saturated rings. The van der Waals surface area contributed by atoms with Crippen LogP contribution in [0.3, 0.4) is 0 Å². The summed E-state index contributed by atoms with van der Waals surface area (Å²) in [6, 6.07) is 7.36. The van der Waals surface area contributed by atoms with Gasteiger partial charge in [-0.05, 0) is 77.0 Å². The molecular weight excluding hydrogens is 306 g/mol. The van der Waals surface area contributed by atoms with Gasteiger partial charge < -0.3 is 5.32 Å². The van der Waals surface area contributed by atoms with Crippen LogP contribution in [0.4, 0.5) is 0 Å². The summed E-state index contributed by atoms with van der Waals surface area (Å²) >= 11 is 5.48. The molecule has 1 aliphatic rings. The second-order valence-corrected chi connectivity index (χ2v) is 6.80. The number of aryl methyl sites for hydroxylation is 1. The molecule has 1 N–H and O–H groups in total. The number of hydrogen-bond donors (Lipinski definition) is 1. The van der Waals surface area contributed by atoms with Crippen LogP contribution in [-0.4, -0.2) is 12.6 Å². The third-order valence-electron chi connectivity index (χ3n) is 3.52. The van der Waals surface area contributed by atoms with Gasteiger partial charge in [0, 0.05) is 15.2 Å². The van der Waals surface area contributed by atoms with Crippen LogP contribution in [0.5, 0.6) is 0 Å². The summed E-state index contributed by atoms with van der Waals surface area (Å²) in [5.74, 6) is 0. The average Bonchev–Trinajstić information content (AvgIpc) is 3.10. The normalized spacial score (nSPS) is 15.4. The molecule has 0 amide bonds. The van der Waals surface area contributed by atoms with E-state index < -0.39 is 0 Å². The third-order valence-corrected chi connectivity index (χ3v) is 5.52. The first-order valence-electron chi connectivity index (χ1n) is 6.72. The predicted octanol–water partition coefficient (Wildman–Crippen LogP) is 4.74. The van der Waals surface area contributed by atoms with Gasteiger partial charge in [0.25, 0.3) is 0 Å². The van der Waals surface area contributed by atoms with E-state index in [1.54, 1.807) is 0 Å². The van der Waals surface area contributed by atoms with E-state index >= 15 is 0 Å². The van der Waals surface area contributed by atoms with Crippen LogP contribution in [0.2, 0.25) is 0 Å². The molecule has 0 saturated heterocycles. The zero-order chi connectivity index (χ0) is 12.4. The molecule has 0 bridgehead atoms. The van der Waals surface area contributed by atoms with Gasteiger partial charge in [0.1, 0.15) is 0 Å². The number of hydrogen-bond acceptors (Lipinski definition) is 2. The second kappa shape index (κ2) is 5.72. The Morgan fingerprint density at radius 2 is 2.17 bits per heavy atom. The molecule has 1 aromatic carbocycles. The van der Waals surface area contributed by atoms with Crippen LogP contribution < -0.4 is 5.32 Å². The fourth-order valence-corrected chi connectivity index (χ4v) is 3.96. The first kappa shape index (κ1) is 12.6. The number of unbranched alkanes of at least 4 members (excludes halogenated alkanes) is 1. The maximum absolute atomic E-state index is 3.63. The highest BCUT2D eigenvalue weighted by Crippen LogP contribution is 2.32. The van der Waals surface area contributed by atoms with Crippen molar-refractivity contribution in [3.05, 3.63) is 33.6 Å². The summed E-state index contributed by atoms with van der Waals surface area (Å²) in [7, 11) is 0. The smallest absolute Gasteiger partial charge is 0.0487 e. The van der Waals surface area contributed by atoms with Crippen LogP contribution in [0.25, 0.3) is 10.1 Å². The molecule has 96 valence electrons. The zero-order valence-electron chi connectivity index (χ0n) is 10.4. The summed E-state index contributed by atoms with van der Waals surface area (Å²) in [6.07, 6.45) is 6.58. The lowest BCUT2D eigenvalue weighted by Crippen LogP contribution is -2.17. The number of fused-ring (bicyclic) bond motifs is 1. The molecule has 0 atom stereocenters. The van der Waals surface area contributed by atoms with Crippen molar-refractivity contribution in [1.82, 2.24) is 5.32 Å². The first-order chi connectivity index (χ1) is 8.84. The van der Waals surface area contributed by atoms with Gasteiger partial charge in [0.15, 0.2) is 0 Å².